The molecule has 0 aliphatic carbocycles. The minimum absolute atomic E-state index is 0.0557. The van der Waals surface area contributed by atoms with Gasteiger partial charge >= 0.3 is 6.18 Å². The summed E-state index contributed by atoms with van der Waals surface area (Å²) >= 11 is 1.36. The second-order valence-electron chi connectivity index (χ2n) is 4.74. The summed E-state index contributed by atoms with van der Waals surface area (Å²) in [7, 11) is 0. The molecule has 2 aromatic rings. The minimum atomic E-state index is -4.65. The third-order valence-corrected chi connectivity index (χ3v) is 4.17. The summed E-state index contributed by atoms with van der Waals surface area (Å²) in [5.41, 5.74) is -0.395. The monoisotopic (exact) mass is 319 g/mol. The average Bonchev–Trinajstić information content (AvgIpc) is 2.66. The third-order valence-electron chi connectivity index (χ3n) is 3.07. The van der Waals surface area contributed by atoms with Crippen molar-refractivity contribution in [2.45, 2.75) is 32.5 Å². The topological polar surface area (TPSA) is 33.1 Å². The first-order valence-corrected chi connectivity index (χ1v) is 6.97. The van der Waals surface area contributed by atoms with E-state index < -0.39 is 23.7 Å². The van der Waals surface area contributed by atoms with Crippen molar-refractivity contribution in [1.29, 1.82) is 0 Å². The third kappa shape index (κ3) is 3.79. The molecule has 114 valence electrons. The number of hydrogen-bond donors (Lipinski definition) is 1. The molecule has 0 aliphatic rings. The van der Waals surface area contributed by atoms with Gasteiger partial charge in [-0.3, -0.25) is 0 Å². The summed E-state index contributed by atoms with van der Waals surface area (Å²) < 4.78 is 51.2. The van der Waals surface area contributed by atoms with Crippen LogP contribution in [0.4, 0.5) is 17.6 Å². The normalized spacial score (nSPS) is 13.5. The van der Waals surface area contributed by atoms with Crippen LogP contribution in [0.15, 0.2) is 18.2 Å². The zero-order valence-corrected chi connectivity index (χ0v) is 12.1. The Labute approximate surface area is 123 Å². The van der Waals surface area contributed by atoms with Crippen molar-refractivity contribution < 1.29 is 22.7 Å². The molecular formula is C14H13F4NOS. The number of hydrogen-bond acceptors (Lipinski definition) is 3. The van der Waals surface area contributed by atoms with E-state index in [1.807, 2.05) is 13.8 Å². The zero-order valence-electron chi connectivity index (χ0n) is 11.3. The van der Waals surface area contributed by atoms with Crippen LogP contribution in [0.3, 0.4) is 0 Å². The van der Waals surface area contributed by atoms with E-state index in [9.17, 15) is 22.7 Å². The number of alkyl halides is 3. The van der Waals surface area contributed by atoms with Crippen molar-refractivity contribution in [2.75, 3.05) is 0 Å². The summed E-state index contributed by atoms with van der Waals surface area (Å²) in [5.74, 6) is -1.02. The molecule has 0 bridgehead atoms. The van der Waals surface area contributed by atoms with Gasteiger partial charge in [0.05, 0.1) is 22.4 Å². The van der Waals surface area contributed by atoms with Gasteiger partial charge in [0.1, 0.15) is 5.82 Å². The summed E-state index contributed by atoms with van der Waals surface area (Å²) in [4.78, 5) is 5.19. The summed E-state index contributed by atoms with van der Waals surface area (Å²) in [6, 6.07) is 2.09. The van der Waals surface area contributed by atoms with E-state index in [-0.39, 0.29) is 12.0 Å². The van der Waals surface area contributed by atoms with Crippen LogP contribution >= 0.6 is 11.3 Å². The smallest absolute Gasteiger partial charge is 0.388 e. The Morgan fingerprint density at radius 2 is 1.90 bits per heavy atom. The molecule has 1 heterocycles. The Kier molecular flexibility index (Phi) is 4.34. The van der Waals surface area contributed by atoms with Gasteiger partial charge in [-0.15, -0.1) is 11.3 Å². The van der Waals surface area contributed by atoms with E-state index in [4.69, 9.17) is 0 Å². The van der Waals surface area contributed by atoms with Crippen molar-refractivity contribution in [2.24, 2.45) is 0 Å². The number of thiazole rings is 1. The van der Waals surface area contributed by atoms with Crippen LogP contribution in [0, 0.1) is 19.7 Å². The fraction of sp³-hybridized carbons (Fsp3) is 0.357. The lowest BCUT2D eigenvalue weighted by molar-refractivity contribution is -0.137. The average molecular weight is 319 g/mol. The molecule has 2 rings (SSSR count). The number of aliphatic hydroxyl groups is 1. The molecular weight excluding hydrogens is 306 g/mol. The fourth-order valence-corrected chi connectivity index (χ4v) is 2.85. The molecule has 0 saturated carbocycles. The van der Waals surface area contributed by atoms with E-state index in [2.05, 4.69) is 4.98 Å². The molecule has 0 saturated heterocycles. The quantitative estimate of drug-likeness (QED) is 0.860. The molecule has 0 fully saturated rings. The maximum absolute atomic E-state index is 13.3. The zero-order chi connectivity index (χ0) is 15.8. The second kappa shape index (κ2) is 5.73. The van der Waals surface area contributed by atoms with Crippen LogP contribution in [0.25, 0.3) is 0 Å². The highest BCUT2D eigenvalue weighted by atomic mass is 32.1. The maximum Gasteiger partial charge on any atom is 0.416 e. The van der Waals surface area contributed by atoms with Crippen molar-refractivity contribution in [1.82, 2.24) is 4.98 Å². The highest BCUT2D eigenvalue weighted by Gasteiger charge is 2.32. The lowest BCUT2D eigenvalue weighted by Crippen LogP contribution is -2.09. The standard InChI is InChI=1S/C14H13F4NOS/c1-7-8(2)21-13(19-7)6-12(20)9-3-10(14(16,17)18)5-11(15)4-9/h3-5,12,20H,6H2,1-2H3. The first-order chi connectivity index (χ1) is 9.66. The van der Waals surface area contributed by atoms with Gasteiger partial charge in [-0.05, 0) is 37.6 Å². The van der Waals surface area contributed by atoms with Gasteiger partial charge in [-0.1, -0.05) is 0 Å². The van der Waals surface area contributed by atoms with Crippen LogP contribution in [-0.2, 0) is 12.6 Å². The molecule has 7 heteroatoms. The van der Waals surface area contributed by atoms with Crippen LogP contribution in [0.2, 0.25) is 0 Å². The number of halogens is 4. The molecule has 1 atom stereocenters. The van der Waals surface area contributed by atoms with Gasteiger partial charge in [-0.2, -0.15) is 13.2 Å². The molecule has 0 spiro atoms. The lowest BCUT2D eigenvalue weighted by atomic mass is 10.0. The molecule has 0 aliphatic heterocycles. The molecule has 1 aromatic heterocycles. The Morgan fingerprint density at radius 1 is 1.24 bits per heavy atom. The summed E-state index contributed by atoms with van der Waals surface area (Å²) in [6.07, 6.45) is -5.82. The van der Waals surface area contributed by atoms with Crippen molar-refractivity contribution in [3.63, 3.8) is 0 Å². The number of benzene rings is 1. The van der Waals surface area contributed by atoms with Crippen LogP contribution in [-0.4, -0.2) is 10.1 Å². The number of aliphatic hydroxyl groups excluding tert-OH is 1. The lowest BCUT2D eigenvalue weighted by Gasteiger charge is -2.13. The molecule has 1 aromatic carbocycles. The molecule has 2 nitrogen and oxygen atoms in total. The number of aromatic nitrogens is 1. The highest BCUT2D eigenvalue weighted by Crippen LogP contribution is 2.32. The van der Waals surface area contributed by atoms with Gasteiger partial charge in [0.25, 0.3) is 0 Å². The number of nitrogens with zero attached hydrogens (tertiary/aromatic N) is 1. The van der Waals surface area contributed by atoms with Gasteiger partial charge in [-0.25, -0.2) is 9.37 Å². The van der Waals surface area contributed by atoms with Crippen molar-refractivity contribution >= 4 is 11.3 Å². The predicted octanol–water partition coefficient (Wildman–Crippen LogP) is 4.19. The highest BCUT2D eigenvalue weighted by molar-refractivity contribution is 7.11. The van der Waals surface area contributed by atoms with Crippen molar-refractivity contribution in [3.05, 3.63) is 50.7 Å². The van der Waals surface area contributed by atoms with E-state index in [0.717, 1.165) is 22.7 Å². The van der Waals surface area contributed by atoms with E-state index in [1.54, 1.807) is 0 Å². The van der Waals surface area contributed by atoms with Crippen molar-refractivity contribution in [3.8, 4) is 0 Å². The van der Waals surface area contributed by atoms with Gasteiger partial charge < -0.3 is 5.11 Å². The minimum Gasteiger partial charge on any atom is -0.388 e. The Hall–Kier alpha value is -1.47. The Balaban J connectivity index is 2.26. The molecule has 1 unspecified atom stereocenters. The first-order valence-electron chi connectivity index (χ1n) is 6.15. The maximum atomic E-state index is 13.3. The van der Waals surface area contributed by atoms with E-state index in [1.165, 1.54) is 11.3 Å². The summed E-state index contributed by atoms with van der Waals surface area (Å²) in [6.45, 7) is 3.68. The predicted molar refractivity (Wildman–Crippen MR) is 71.7 cm³/mol. The van der Waals surface area contributed by atoms with E-state index >= 15 is 0 Å². The molecule has 0 amide bonds. The Morgan fingerprint density at radius 3 is 2.43 bits per heavy atom. The van der Waals surface area contributed by atoms with Crippen LogP contribution in [0.5, 0.6) is 0 Å². The largest absolute Gasteiger partial charge is 0.416 e. The SMILES string of the molecule is Cc1nc(CC(O)c2cc(F)cc(C(F)(F)F)c2)sc1C. The van der Waals surface area contributed by atoms with Gasteiger partial charge in [0, 0.05) is 11.3 Å². The van der Waals surface area contributed by atoms with Gasteiger partial charge in [0.15, 0.2) is 0 Å². The fourth-order valence-electron chi connectivity index (χ4n) is 1.88. The molecule has 21 heavy (non-hydrogen) atoms. The summed E-state index contributed by atoms with van der Waals surface area (Å²) in [5, 5.41) is 10.6. The molecule has 0 radical (unpaired) electrons. The number of aryl methyl sites for hydroxylation is 2. The van der Waals surface area contributed by atoms with E-state index in [0.29, 0.717) is 11.1 Å². The van der Waals surface area contributed by atoms with Gasteiger partial charge in [0.2, 0.25) is 0 Å². The van der Waals surface area contributed by atoms with Crippen LogP contribution < -0.4 is 0 Å². The van der Waals surface area contributed by atoms with Crippen LogP contribution in [0.1, 0.15) is 32.8 Å². The molecule has 1 N–H and O–H groups in total. The second-order valence-corrected chi connectivity index (χ2v) is 6.03. The number of rotatable bonds is 3. The Bertz CT molecular complexity index is 631. The first kappa shape index (κ1) is 15.9.